The molecule has 1 saturated carbocycles. The van der Waals surface area contributed by atoms with Crippen LogP contribution in [0, 0.1) is 0 Å². The van der Waals surface area contributed by atoms with Crippen molar-refractivity contribution in [3.8, 4) is 22.6 Å². The summed E-state index contributed by atoms with van der Waals surface area (Å²) in [6, 6.07) is 17.7. The van der Waals surface area contributed by atoms with Gasteiger partial charge in [-0.3, -0.25) is 4.98 Å². The van der Waals surface area contributed by atoms with Crippen LogP contribution in [0.4, 0.5) is 5.82 Å². The zero-order valence-corrected chi connectivity index (χ0v) is 16.1. The molecule has 2 heterocycles. The van der Waals surface area contributed by atoms with Gasteiger partial charge < -0.3 is 10.5 Å². The van der Waals surface area contributed by atoms with E-state index in [-0.39, 0.29) is 0 Å². The quantitative estimate of drug-likeness (QED) is 0.488. The van der Waals surface area contributed by atoms with Crippen LogP contribution in [0.25, 0.3) is 22.0 Å². The van der Waals surface area contributed by atoms with Crippen molar-refractivity contribution in [1.29, 1.82) is 0 Å². The van der Waals surface area contributed by atoms with Crippen LogP contribution < -0.4 is 10.5 Å². The topological polar surface area (TPSA) is 73.9 Å². The number of aromatic nitrogens is 3. The molecule has 29 heavy (non-hydrogen) atoms. The van der Waals surface area contributed by atoms with E-state index in [9.17, 15) is 0 Å². The van der Waals surface area contributed by atoms with Gasteiger partial charge in [-0.15, -0.1) is 0 Å². The Balaban J connectivity index is 1.54. The molecule has 2 N–H and O–H groups in total. The van der Waals surface area contributed by atoms with Gasteiger partial charge in [-0.2, -0.15) is 0 Å². The molecule has 0 aliphatic heterocycles. The van der Waals surface area contributed by atoms with Gasteiger partial charge in [0.2, 0.25) is 0 Å². The molecule has 0 unspecified atom stereocenters. The summed E-state index contributed by atoms with van der Waals surface area (Å²) in [5.74, 6) is 2.55. The molecule has 1 aliphatic rings. The molecule has 0 radical (unpaired) electrons. The summed E-state index contributed by atoms with van der Waals surface area (Å²) in [7, 11) is 0. The average Bonchev–Trinajstić information content (AvgIpc) is 3.29. The van der Waals surface area contributed by atoms with Gasteiger partial charge in [0.05, 0.1) is 16.6 Å². The Labute approximate surface area is 169 Å². The molecule has 0 atom stereocenters. The number of nitrogen functional groups attached to an aromatic ring is 1. The van der Waals surface area contributed by atoms with E-state index in [4.69, 9.17) is 15.5 Å². The second kappa shape index (κ2) is 7.51. The molecule has 0 spiro atoms. The molecule has 5 rings (SSSR count). The fourth-order valence-corrected chi connectivity index (χ4v) is 4.16. The highest BCUT2D eigenvalue weighted by Gasteiger charge is 2.23. The van der Waals surface area contributed by atoms with Gasteiger partial charge in [0, 0.05) is 17.7 Å². The van der Waals surface area contributed by atoms with Crippen LogP contribution in [0.2, 0.25) is 0 Å². The van der Waals surface area contributed by atoms with E-state index in [0.717, 1.165) is 52.1 Å². The van der Waals surface area contributed by atoms with Crippen molar-refractivity contribution < 1.29 is 4.74 Å². The summed E-state index contributed by atoms with van der Waals surface area (Å²) in [6.07, 6.45) is 8.28. The fourth-order valence-electron chi connectivity index (χ4n) is 4.16. The third-order valence-electron chi connectivity index (χ3n) is 5.61. The number of hydrogen-bond donors (Lipinski definition) is 1. The van der Waals surface area contributed by atoms with Crippen molar-refractivity contribution in [3.63, 3.8) is 0 Å². The van der Waals surface area contributed by atoms with Gasteiger partial charge in [-0.05, 0) is 42.7 Å². The smallest absolute Gasteiger partial charge is 0.135 e. The molecule has 1 fully saturated rings. The summed E-state index contributed by atoms with van der Waals surface area (Å²) in [6.45, 7) is 0. The number of benzene rings is 2. The van der Waals surface area contributed by atoms with E-state index in [0.29, 0.717) is 11.7 Å². The summed E-state index contributed by atoms with van der Waals surface area (Å²) < 4.78 is 5.90. The highest BCUT2D eigenvalue weighted by Crippen LogP contribution is 2.39. The van der Waals surface area contributed by atoms with Crippen molar-refractivity contribution in [3.05, 3.63) is 72.8 Å². The van der Waals surface area contributed by atoms with Crippen LogP contribution in [0.15, 0.2) is 67.1 Å². The zero-order valence-electron chi connectivity index (χ0n) is 16.1. The number of para-hydroxylation sites is 1. The van der Waals surface area contributed by atoms with Crippen LogP contribution >= 0.6 is 0 Å². The lowest BCUT2D eigenvalue weighted by molar-refractivity contribution is 0.483. The number of fused-ring (bicyclic) bond motifs is 1. The minimum Gasteiger partial charge on any atom is -0.457 e. The lowest BCUT2D eigenvalue weighted by Gasteiger charge is -2.15. The van der Waals surface area contributed by atoms with Gasteiger partial charge in [-0.25, -0.2) is 9.97 Å². The Bertz CT molecular complexity index is 1140. The van der Waals surface area contributed by atoms with Gasteiger partial charge in [-0.1, -0.05) is 43.2 Å². The molecule has 2 aromatic carbocycles. The lowest BCUT2D eigenvalue weighted by atomic mass is 9.96. The molecule has 0 saturated heterocycles. The monoisotopic (exact) mass is 382 g/mol. The van der Waals surface area contributed by atoms with E-state index in [1.165, 1.54) is 12.8 Å². The summed E-state index contributed by atoms with van der Waals surface area (Å²) in [4.78, 5) is 13.6. The average molecular weight is 382 g/mol. The minimum atomic E-state index is 0.461. The number of nitrogens with two attached hydrogens (primary N) is 1. The predicted molar refractivity (Wildman–Crippen MR) is 115 cm³/mol. The van der Waals surface area contributed by atoms with E-state index in [1.807, 2.05) is 60.8 Å². The lowest BCUT2D eigenvalue weighted by Crippen LogP contribution is -2.03. The largest absolute Gasteiger partial charge is 0.457 e. The van der Waals surface area contributed by atoms with E-state index in [1.54, 1.807) is 6.33 Å². The van der Waals surface area contributed by atoms with Gasteiger partial charge in [0.15, 0.2) is 0 Å². The number of rotatable bonds is 4. The van der Waals surface area contributed by atoms with Gasteiger partial charge >= 0.3 is 0 Å². The molecule has 5 nitrogen and oxygen atoms in total. The Morgan fingerprint density at radius 3 is 2.31 bits per heavy atom. The molecule has 0 bridgehead atoms. The number of nitrogens with zero attached hydrogens (tertiary/aromatic N) is 3. The Morgan fingerprint density at radius 1 is 0.828 bits per heavy atom. The normalized spacial score (nSPS) is 14.3. The summed E-state index contributed by atoms with van der Waals surface area (Å²) >= 11 is 0. The van der Waals surface area contributed by atoms with Crippen LogP contribution in [0.1, 0.15) is 37.3 Å². The second-order valence-electron chi connectivity index (χ2n) is 7.46. The van der Waals surface area contributed by atoms with E-state index >= 15 is 0 Å². The summed E-state index contributed by atoms with van der Waals surface area (Å²) in [5, 5.41) is 0.890. The van der Waals surface area contributed by atoms with Crippen molar-refractivity contribution in [2.45, 2.75) is 31.6 Å². The molecule has 5 heteroatoms. The van der Waals surface area contributed by atoms with Crippen molar-refractivity contribution in [2.75, 3.05) is 5.73 Å². The van der Waals surface area contributed by atoms with Gasteiger partial charge in [0.25, 0.3) is 0 Å². The van der Waals surface area contributed by atoms with Crippen LogP contribution in [-0.4, -0.2) is 15.0 Å². The Hall–Kier alpha value is -3.47. The highest BCUT2D eigenvalue weighted by molar-refractivity contribution is 6.01. The van der Waals surface area contributed by atoms with Crippen LogP contribution in [-0.2, 0) is 0 Å². The second-order valence-corrected chi connectivity index (χ2v) is 7.46. The van der Waals surface area contributed by atoms with Crippen LogP contribution in [0.5, 0.6) is 11.5 Å². The Kier molecular flexibility index (Phi) is 4.56. The molecular weight excluding hydrogens is 360 g/mol. The first-order valence-electron chi connectivity index (χ1n) is 10.0. The van der Waals surface area contributed by atoms with E-state index < -0.39 is 0 Å². The highest BCUT2D eigenvalue weighted by atomic mass is 16.5. The number of hydrogen-bond acceptors (Lipinski definition) is 5. The summed E-state index contributed by atoms with van der Waals surface area (Å²) in [5.41, 5.74) is 10.2. The SMILES string of the molecule is Nc1ncnc2c(C3CCCC3)ncc(-c3ccc(Oc4ccccc4)cc3)c12. The molecule has 1 aliphatic carbocycles. The number of pyridine rings is 1. The number of anilines is 1. The Morgan fingerprint density at radius 2 is 1.55 bits per heavy atom. The molecule has 0 amide bonds. The number of ether oxygens (including phenoxy) is 1. The first kappa shape index (κ1) is 17.6. The van der Waals surface area contributed by atoms with Crippen LogP contribution in [0.3, 0.4) is 0 Å². The van der Waals surface area contributed by atoms with E-state index in [2.05, 4.69) is 9.97 Å². The molecule has 2 aromatic heterocycles. The fraction of sp³-hybridized carbons (Fsp3) is 0.208. The molecular formula is C24H22N4O. The third-order valence-corrected chi connectivity index (χ3v) is 5.61. The maximum Gasteiger partial charge on any atom is 0.135 e. The van der Waals surface area contributed by atoms with Crippen molar-refractivity contribution in [1.82, 2.24) is 15.0 Å². The zero-order chi connectivity index (χ0) is 19.6. The predicted octanol–water partition coefficient (Wildman–Crippen LogP) is 5.72. The maximum atomic E-state index is 6.29. The standard InChI is InChI=1S/C24H22N4O/c25-24-21-20(14-26-22(17-6-4-5-7-17)23(21)27-15-28-24)16-10-12-19(13-11-16)29-18-8-2-1-3-9-18/h1-3,8-15,17H,4-7H2,(H2,25,27,28). The first-order valence-corrected chi connectivity index (χ1v) is 10.0. The minimum absolute atomic E-state index is 0.461. The van der Waals surface area contributed by atoms with Crippen molar-refractivity contribution >= 4 is 16.7 Å². The van der Waals surface area contributed by atoms with Gasteiger partial charge in [0.1, 0.15) is 23.6 Å². The third kappa shape index (κ3) is 3.40. The van der Waals surface area contributed by atoms with Crippen molar-refractivity contribution in [2.24, 2.45) is 0 Å². The maximum absolute atomic E-state index is 6.29. The molecule has 4 aromatic rings. The first-order chi connectivity index (χ1) is 14.3. The molecule has 144 valence electrons.